The van der Waals surface area contributed by atoms with E-state index in [9.17, 15) is 9.18 Å². The number of hydrogen-bond acceptors (Lipinski definition) is 7. The molecular formula is C27H21ClFN5O2. The van der Waals surface area contributed by atoms with Crippen LogP contribution in [0.5, 0.6) is 0 Å². The van der Waals surface area contributed by atoms with Crippen molar-refractivity contribution in [3.8, 4) is 11.1 Å². The van der Waals surface area contributed by atoms with E-state index < -0.39 is 11.6 Å². The molecule has 5 aromatic rings. The Hall–Kier alpha value is -4.17. The summed E-state index contributed by atoms with van der Waals surface area (Å²) in [5.74, 6) is 0.231. The van der Waals surface area contributed by atoms with Gasteiger partial charge in [-0.15, -0.1) is 0 Å². The van der Waals surface area contributed by atoms with Crippen molar-refractivity contribution >= 4 is 34.1 Å². The lowest BCUT2D eigenvalue weighted by atomic mass is 10.0. The van der Waals surface area contributed by atoms with Crippen LogP contribution in [-0.2, 0) is 13.0 Å². The van der Waals surface area contributed by atoms with Crippen LogP contribution in [0.15, 0.2) is 65.4 Å². The minimum Gasteiger partial charge on any atom is -0.365 e. The third kappa shape index (κ3) is 4.81. The molecule has 0 fully saturated rings. The zero-order chi connectivity index (χ0) is 25.2. The van der Waals surface area contributed by atoms with Gasteiger partial charge in [-0.25, -0.2) is 14.4 Å². The number of aryl methyl sites for hydroxylation is 2. The van der Waals surface area contributed by atoms with Gasteiger partial charge in [-0.05, 0) is 60.9 Å². The molecule has 0 spiro atoms. The number of ketones is 1. The predicted octanol–water partition coefficient (Wildman–Crippen LogP) is 6.13. The molecule has 1 N–H and O–H groups in total. The van der Waals surface area contributed by atoms with Crippen LogP contribution in [0.4, 0.5) is 10.2 Å². The van der Waals surface area contributed by atoms with E-state index >= 15 is 0 Å². The highest BCUT2D eigenvalue weighted by Gasteiger charge is 2.18. The Morgan fingerprint density at radius 1 is 1.11 bits per heavy atom. The second-order valence-corrected chi connectivity index (χ2v) is 8.81. The predicted molar refractivity (Wildman–Crippen MR) is 136 cm³/mol. The number of halogens is 2. The molecule has 36 heavy (non-hydrogen) atoms. The van der Waals surface area contributed by atoms with Gasteiger partial charge in [0.2, 0.25) is 5.78 Å². The number of anilines is 1. The van der Waals surface area contributed by atoms with Gasteiger partial charge in [-0.3, -0.25) is 9.78 Å². The number of pyridine rings is 1. The molecule has 0 aliphatic heterocycles. The lowest BCUT2D eigenvalue weighted by Crippen LogP contribution is -2.13. The molecule has 0 aliphatic carbocycles. The third-order valence-electron chi connectivity index (χ3n) is 5.82. The molecule has 0 radical (unpaired) electrons. The Bertz CT molecular complexity index is 1580. The quantitative estimate of drug-likeness (QED) is 0.268. The first-order valence-electron chi connectivity index (χ1n) is 11.2. The Balaban J connectivity index is 1.57. The number of hydrogen-bond donors (Lipinski definition) is 1. The van der Waals surface area contributed by atoms with Crippen molar-refractivity contribution in [1.82, 2.24) is 20.1 Å². The molecule has 0 amide bonds. The molecule has 3 aromatic heterocycles. The van der Waals surface area contributed by atoms with E-state index in [2.05, 4.69) is 25.4 Å². The molecular weight excluding hydrogens is 481 g/mol. The van der Waals surface area contributed by atoms with Gasteiger partial charge in [-0.2, -0.15) is 0 Å². The van der Waals surface area contributed by atoms with E-state index in [-0.39, 0.29) is 17.8 Å². The summed E-state index contributed by atoms with van der Waals surface area (Å²) in [6.45, 7) is 4.16. The van der Waals surface area contributed by atoms with Crippen molar-refractivity contribution in [2.75, 3.05) is 5.32 Å². The van der Waals surface area contributed by atoms with Gasteiger partial charge in [-0.1, -0.05) is 35.0 Å². The van der Waals surface area contributed by atoms with Gasteiger partial charge in [0.15, 0.2) is 5.82 Å². The smallest absolute Gasteiger partial charge is 0.204 e. The van der Waals surface area contributed by atoms with Crippen LogP contribution in [-0.4, -0.2) is 25.9 Å². The van der Waals surface area contributed by atoms with E-state index in [1.807, 2.05) is 50.2 Å². The molecule has 0 atom stereocenters. The lowest BCUT2D eigenvalue weighted by molar-refractivity contribution is 0.0982. The van der Waals surface area contributed by atoms with Crippen molar-refractivity contribution in [2.24, 2.45) is 0 Å². The summed E-state index contributed by atoms with van der Waals surface area (Å²) in [5, 5.41) is 8.71. The normalized spacial score (nSPS) is 11.1. The zero-order valence-corrected chi connectivity index (χ0v) is 20.3. The molecule has 180 valence electrons. The van der Waals surface area contributed by atoms with E-state index in [1.54, 1.807) is 6.07 Å². The second kappa shape index (κ2) is 9.83. The number of benzene rings is 2. The summed E-state index contributed by atoms with van der Waals surface area (Å²) in [6, 6.07) is 14.6. The van der Waals surface area contributed by atoms with Crippen LogP contribution in [0.3, 0.4) is 0 Å². The van der Waals surface area contributed by atoms with Gasteiger partial charge < -0.3 is 9.84 Å². The third-order valence-corrected chi connectivity index (χ3v) is 6.06. The maximum absolute atomic E-state index is 14.1. The van der Waals surface area contributed by atoms with Crippen LogP contribution in [0.2, 0.25) is 5.02 Å². The highest BCUT2D eigenvalue weighted by atomic mass is 35.5. The van der Waals surface area contributed by atoms with Crippen molar-refractivity contribution < 1.29 is 13.7 Å². The molecule has 7 nitrogen and oxygen atoms in total. The highest BCUT2D eigenvalue weighted by Crippen LogP contribution is 2.32. The monoisotopic (exact) mass is 501 g/mol. The highest BCUT2D eigenvalue weighted by molar-refractivity contribution is 6.30. The molecule has 0 unspecified atom stereocenters. The second-order valence-electron chi connectivity index (χ2n) is 8.38. The van der Waals surface area contributed by atoms with E-state index in [1.165, 1.54) is 12.3 Å². The fourth-order valence-corrected chi connectivity index (χ4v) is 4.28. The van der Waals surface area contributed by atoms with E-state index in [4.69, 9.17) is 16.1 Å². The Kier molecular flexibility index (Phi) is 6.43. The van der Waals surface area contributed by atoms with Crippen molar-refractivity contribution in [1.29, 1.82) is 0 Å². The van der Waals surface area contributed by atoms with Gasteiger partial charge in [0.05, 0.1) is 17.4 Å². The molecule has 0 saturated heterocycles. The van der Waals surface area contributed by atoms with Gasteiger partial charge in [0, 0.05) is 35.1 Å². The number of fused-ring (bicyclic) bond motifs is 1. The van der Waals surface area contributed by atoms with Gasteiger partial charge >= 0.3 is 0 Å². The van der Waals surface area contributed by atoms with Crippen LogP contribution in [0.1, 0.15) is 33.2 Å². The number of Topliss-reactive ketones (excluding diaryl/α,β-unsaturated/α-hetero) is 1. The van der Waals surface area contributed by atoms with Crippen LogP contribution in [0.25, 0.3) is 22.0 Å². The van der Waals surface area contributed by atoms with Crippen LogP contribution < -0.4 is 5.32 Å². The molecule has 0 bridgehead atoms. The lowest BCUT2D eigenvalue weighted by Gasteiger charge is -2.12. The molecule has 9 heteroatoms. The standard InChI is InChI=1S/C27H21ClFN5O2/c1-15-25(16(2)36-34-15)19-6-7-23-21(11-19)26(31-13-17-4-3-5-20(28)10-17)33-27(32-23)24(35)12-18-8-9-30-14-22(18)29/h3-11,14H,12-13H2,1-2H3,(H,31,32,33). The first-order valence-corrected chi connectivity index (χ1v) is 11.6. The Morgan fingerprint density at radius 3 is 2.72 bits per heavy atom. The average molecular weight is 502 g/mol. The summed E-state index contributed by atoms with van der Waals surface area (Å²) in [4.78, 5) is 25.8. The first-order chi connectivity index (χ1) is 17.4. The summed E-state index contributed by atoms with van der Waals surface area (Å²) in [7, 11) is 0. The maximum Gasteiger partial charge on any atom is 0.204 e. The van der Waals surface area contributed by atoms with Gasteiger partial charge in [0.1, 0.15) is 17.4 Å². The number of carbonyl (C=O) groups excluding carboxylic acids is 1. The maximum atomic E-state index is 14.1. The van der Waals surface area contributed by atoms with Crippen LogP contribution >= 0.6 is 11.6 Å². The largest absolute Gasteiger partial charge is 0.365 e. The number of aromatic nitrogens is 4. The summed E-state index contributed by atoms with van der Waals surface area (Å²) in [6.07, 6.45) is 2.35. The molecule has 0 saturated carbocycles. The Morgan fingerprint density at radius 2 is 1.97 bits per heavy atom. The summed E-state index contributed by atoms with van der Waals surface area (Å²) >= 11 is 6.14. The number of nitrogens with one attached hydrogen (secondary N) is 1. The Labute approximate surface area is 211 Å². The first kappa shape index (κ1) is 23.6. The fraction of sp³-hybridized carbons (Fsp3) is 0.148. The molecule has 0 aliphatic rings. The van der Waals surface area contributed by atoms with Gasteiger partial charge in [0.25, 0.3) is 0 Å². The number of rotatable bonds is 7. The molecule has 2 aromatic carbocycles. The number of carbonyl (C=O) groups is 1. The average Bonchev–Trinajstić information content (AvgIpc) is 3.21. The topological polar surface area (TPSA) is 93.8 Å². The van der Waals surface area contributed by atoms with E-state index in [0.29, 0.717) is 28.7 Å². The minimum atomic E-state index is -0.546. The van der Waals surface area contributed by atoms with Crippen molar-refractivity contribution in [3.05, 3.63) is 100 Å². The number of nitrogens with zero attached hydrogens (tertiary/aromatic N) is 4. The minimum absolute atomic E-state index is 0.00241. The van der Waals surface area contributed by atoms with Crippen molar-refractivity contribution in [2.45, 2.75) is 26.8 Å². The molecule has 3 heterocycles. The SMILES string of the molecule is Cc1noc(C)c1-c1ccc2nc(C(=O)Cc3ccncc3F)nc(NCc3cccc(Cl)c3)c2c1. The van der Waals surface area contributed by atoms with Crippen LogP contribution in [0, 0.1) is 19.7 Å². The van der Waals surface area contributed by atoms with Crippen molar-refractivity contribution in [3.63, 3.8) is 0 Å². The summed E-state index contributed by atoms with van der Waals surface area (Å²) < 4.78 is 19.4. The van der Waals surface area contributed by atoms with E-state index in [0.717, 1.165) is 34.0 Å². The zero-order valence-electron chi connectivity index (χ0n) is 19.5. The summed E-state index contributed by atoms with van der Waals surface area (Å²) in [5.41, 5.74) is 4.32. The fourth-order valence-electron chi connectivity index (χ4n) is 4.07. The molecule has 5 rings (SSSR count).